The number of nitrogens with two attached hydrogens (primary N) is 1. The van der Waals surface area contributed by atoms with Gasteiger partial charge in [0, 0.05) is 0 Å². The lowest BCUT2D eigenvalue weighted by atomic mass is 10.0. The van der Waals surface area contributed by atoms with E-state index in [0.717, 1.165) is 0 Å². The van der Waals surface area contributed by atoms with Crippen molar-refractivity contribution in [2.24, 2.45) is 11.7 Å². The Hall–Kier alpha value is -2.24. The van der Waals surface area contributed by atoms with Gasteiger partial charge in [-0.3, -0.25) is 14.4 Å². The van der Waals surface area contributed by atoms with Crippen LogP contribution in [0.5, 0.6) is 0 Å². The molecule has 27 heavy (non-hydrogen) atoms. The summed E-state index contributed by atoms with van der Waals surface area (Å²) in [5.74, 6) is -3.78. The number of aliphatic carboxylic acids is 1. The molecule has 0 heterocycles. The minimum Gasteiger partial charge on any atom is -0.480 e. The molecule has 0 saturated carbocycles. The lowest BCUT2D eigenvalue weighted by molar-refractivity contribution is -0.143. The van der Waals surface area contributed by atoms with Gasteiger partial charge in [-0.05, 0) is 26.2 Å². The zero-order valence-corrected chi connectivity index (χ0v) is 15.9. The summed E-state index contributed by atoms with van der Waals surface area (Å²) < 4.78 is 0. The maximum absolute atomic E-state index is 12.3. The van der Waals surface area contributed by atoms with Gasteiger partial charge in [0.2, 0.25) is 17.7 Å². The number of hydrogen-bond donors (Lipinski definition) is 7. The first-order valence-corrected chi connectivity index (χ1v) is 8.59. The van der Waals surface area contributed by atoms with Crippen molar-refractivity contribution in [1.82, 2.24) is 16.0 Å². The fourth-order valence-corrected chi connectivity index (χ4v) is 2.11. The van der Waals surface area contributed by atoms with Crippen LogP contribution in [0.2, 0.25) is 0 Å². The summed E-state index contributed by atoms with van der Waals surface area (Å²) in [5, 5.41) is 34.9. The van der Waals surface area contributed by atoms with Crippen LogP contribution in [-0.2, 0) is 19.2 Å². The number of carbonyl (C=O) groups excluding carboxylic acids is 3. The van der Waals surface area contributed by atoms with Crippen LogP contribution < -0.4 is 21.7 Å². The molecular formula is C16H30N4O7. The largest absolute Gasteiger partial charge is 0.480 e. The third kappa shape index (κ3) is 8.80. The molecule has 0 aromatic carbocycles. The first-order chi connectivity index (χ1) is 12.4. The average molecular weight is 390 g/mol. The highest BCUT2D eigenvalue weighted by Crippen LogP contribution is 2.06. The van der Waals surface area contributed by atoms with E-state index in [1.54, 1.807) is 13.8 Å². The molecule has 156 valence electrons. The van der Waals surface area contributed by atoms with Gasteiger partial charge in [0.25, 0.3) is 0 Å². The topological polar surface area (TPSA) is 191 Å². The Labute approximate surface area is 157 Å². The highest BCUT2D eigenvalue weighted by atomic mass is 16.4. The van der Waals surface area contributed by atoms with Crippen molar-refractivity contribution in [3.05, 3.63) is 0 Å². The van der Waals surface area contributed by atoms with E-state index in [-0.39, 0.29) is 12.3 Å². The lowest BCUT2D eigenvalue weighted by Crippen LogP contribution is -2.60. The third-order valence-electron chi connectivity index (χ3n) is 3.61. The SMILES string of the molecule is CC(C)CC(NC(=O)C(NC(=O)C(CO)NC(=O)C(C)N)C(C)O)C(=O)O. The van der Waals surface area contributed by atoms with Crippen molar-refractivity contribution in [3.63, 3.8) is 0 Å². The molecular weight excluding hydrogens is 360 g/mol. The van der Waals surface area contributed by atoms with E-state index in [4.69, 9.17) is 5.73 Å². The Morgan fingerprint density at radius 2 is 1.41 bits per heavy atom. The highest BCUT2D eigenvalue weighted by Gasteiger charge is 2.32. The van der Waals surface area contributed by atoms with Crippen molar-refractivity contribution in [2.45, 2.75) is 64.4 Å². The maximum atomic E-state index is 12.3. The Bertz CT molecular complexity index is 537. The summed E-state index contributed by atoms with van der Waals surface area (Å²) in [6.07, 6.45) is -1.20. The number of aliphatic hydroxyl groups excluding tert-OH is 2. The van der Waals surface area contributed by atoms with Crippen molar-refractivity contribution in [1.29, 1.82) is 0 Å². The van der Waals surface area contributed by atoms with Crippen LogP contribution in [0.3, 0.4) is 0 Å². The Balaban J connectivity index is 5.14. The van der Waals surface area contributed by atoms with E-state index in [0.29, 0.717) is 0 Å². The molecule has 0 fully saturated rings. The predicted octanol–water partition coefficient (Wildman–Crippen LogP) is -2.71. The van der Waals surface area contributed by atoms with Gasteiger partial charge in [0.1, 0.15) is 18.1 Å². The van der Waals surface area contributed by atoms with Crippen LogP contribution in [0.1, 0.15) is 34.1 Å². The van der Waals surface area contributed by atoms with Crippen LogP contribution in [0.4, 0.5) is 0 Å². The second kappa shape index (κ2) is 11.5. The molecule has 11 heteroatoms. The number of aliphatic hydroxyl groups is 2. The van der Waals surface area contributed by atoms with Crippen LogP contribution in [0.25, 0.3) is 0 Å². The molecule has 0 spiro atoms. The second-order valence-corrected chi connectivity index (χ2v) is 6.79. The van der Waals surface area contributed by atoms with Crippen molar-refractivity contribution >= 4 is 23.7 Å². The molecule has 0 aliphatic carbocycles. The normalized spacial score (nSPS) is 16.6. The van der Waals surface area contributed by atoms with Crippen molar-refractivity contribution in [3.8, 4) is 0 Å². The van der Waals surface area contributed by atoms with Crippen LogP contribution in [-0.4, -0.2) is 75.9 Å². The lowest BCUT2D eigenvalue weighted by Gasteiger charge is -2.26. The number of carbonyl (C=O) groups is 4. The minimum absolute atomic E-state index is 0.0155. The average Bonchev–Trinajstić information content (AvgIpc) is 2.55. The van der Waals surface area contributed by atoms with Gasteiger partial charge in [0.05, 0.1) is 18.8 Å². The Morgan fingerprint density at radius 3 is 1.78 bits per heavy atom. The molecule has 0 aromatic rings. The molecule has 3 amide bonds. The van der Waals surface area contributed by atoms with Gasteiger partial charge in [0.15, 0.2) is 0 Å². The minimum atomic E-state index is -1.48. The van der Waals surface area contributed by atoms with E-state index in [1.165, 1.54) is 13.8 Å². The number of amides is 3. The molecule has 0 rings (SSSR count). The summed E-state index contributed by atoms with van der Waals surface area (Å²) in [4.78, 5) is 47.4. The summed E-state index contributed by atoms with van der Waals surface area (Å²) >= 11 is 0. The van der Waals surface area contributed by atoms with Gasteiger partial charge < -0.3 is 37.0 Å². The van der Waals surface area contributed by atoms with E-state index in [2.05, 4.69) is 16.0 Å². The van der Waals surface area contributed by atoms with Crippen molar-refractivity contribution < 1.29 is 34.5 Å². The first kappa shape index (κ1) is 24.8. The first-order valence-electron chi connectivity index (χ1n) is 8.59. The van der Waals surface area contributed by atoms with Crippen LogP contribution in [0.15, 0.2) is 0 Å². The summed E-state index contributed by atoms with van der Waals surface area (Å²) in [5.41, 5.74) is 5.37. The predicted molar refractivity (Wildman–Crippen MR) is 95.3 cm³/mol. The van der Waals surface area contributed by atoms with Gasteiger partial charge in [-0.2, -0.15) is 0 Å². The standard InChI is InChI=1S/C16H30N4O7/c1-7(2)5-10(16(26)27)18-15(25)12(9(4)22)20-14(24)11(6-21)19-13(23)8(3)17/h7-12,21-22H,5-6,17H2,1-4H3,(H,18,25)(H,19,23)(H,20,24)(H,26,27). The quantitative estimate of drug-likeness (QED) is 0.198. The fourth-order valence-electron chi connectivity index (χ4n) is 2.11. The molecule has 0 aliphatic heterocycles. The Kier molecular flexibility index (Phi) is 10.5. The molecule has 0 radical (unpaired) electrons. The number of hydrogen-bond acceptors (Lipinski definition) is 7. The second-order valence-electron chi connectivity index (χ2n) is 6.79. The zero-order chi connectivity index (χ0) is 21.3. The molecule has 0 aliphatic rings. The van der Waals surface area contributed by atoms with Gasteiger partial charge in [-0.1, -0.05) is 13.8 Å². The molecule has 5 unspecified atom stereocenters. The fraction of sp³-hybridized carbons (Fsp3) is 0.750. The van der Waals surface area contributed by atoms with Crippen molar-refractivity contribution in [2.75, 3.05) is 6.61 Å². The summed E-state index contributed by atoms with van der Waals surface area (Å²) in [6.45, 7) is 5.42. The third-order valence-corrected chi connectivity index (χ3v) is 3.61. The summed E-state index contributed by atoms with van der Waals surface area (Å²) in [7, 11) is 0. The van der Waals surface area contributed by atoms with Gasteiger partial charge in [-0.25, -0.2) is 4.79 Å². The molecule has 11 nitrogen and oxygen atoms in total. The molecule has 0 saturated heterocycles. The molecule has 5 atom stereocenters. The van der Waals surface area contributed by atoms with Gasteiger partial charge in [-0.15, -0.1) is 0 Å². The molecule has 8 N–H and O–H groups in total. The highest BCUT2D eigenvalue weighted by molar-refractivity contribution is 5.94. The monoisotopic (exact) mass is 390 g/mol. The Morgan fingerprint density at radius 1 is 0.889 bits per heavy atom. The van der Waals surface area contributed by atoms with Crippen LogP contribution >= 0.6 is 0 Å². The number of carboxylic acid groups (broad SMARTS) is 1. The zero-order valence-electron chi connectivity index (χ0n) is 15.9. The molecule has 0 aromatic heterocycles. The molecule has 0 bridgehead atoms. The van der Waals surface area contributed by atoms with E-state index in [1.807, 2.05) is 0 Å². The van der Waals surface area contributed by atoms with Gasteiger partial charge >= 0.3 is 5.97 Å². The smallest absolute Gasteiger partial charge is 0.326 e. The number of rotatable bonds is 11. The summed E-state index contributed by atoms with van der Waals surface area (Å²) in [6, 6.07) is -4.98. The van der Waals surface area contributed by atoms with E-state index in [9.17, 15) is 34.5 Å². The number of carboxylic acids is 1. The van der Waals surface area contributed by atoms with E-state index < -0.39 is 60.6 Å². The maximum Gasteiger partial charge on any atom is 0.326 e. The number of nitrogens with one attached hydrogen (secondary N) is 3. The van der Waals surface area contributed by atoms with E-state index >= 15 is 0 Å². The van der Waals surface area contributed by atoms with Crippen LogP contribution in [0, 0.1) is 5.92 Å².